The van der Waals surface area contributed by atoms with E-state index in [-0.39, 0.29) is 0 Å². The van der Waals surface area contributed by atoms with Crippen molar-refractivity contribution in [2.45, 2.75) is 0 Å². The van der Waals surface area contributed by atoms with Gasteiger partial charge in [-0.3, -0.25) is 0 Å². The first kappa shape index (κ1) is 33.2. The van der Waals surface area contributed by atoms with E-state index in [9.17, 15) is 0 Å². The second kappa shape index (κ2) is 13.8. The van der Waals surface area contributed by atoms with Crippen molar-refractivity contribution in [1.29, 1.82) is 0 Å². The molecule has 0 fully saturated rings. The minimum Gasteiger partial charge on any atom is -0.228 e. The second-order valence-electron chi connectivity index (χ2n) is 14.5. The third-order valence-electron chi connectivity index (χ3n) is 11.1. The van der Waals surface area contributed by atoms with Crippen molar-refractivity contribution in [3.63, 3.8) is 0 Å². The summed E-state index contributed by atoms with van der Waals surface area (Å²) in [6.07, 6.45) is 0. The Labute approximate surface area is 335 Å². The van der Waals surface area contributed by atoms with Crippen molar-refractivity contribution in [3.05, 3.63) is 206 Å². The highest BCUT2D eigenvalue weighted by Crippen LogP contribution is 2.41. The third-order valence-corrected chi connectivity index (χ3v) is 12.3. The average Bonchev–Trinajstić information content (AvgIpc) is 3.73. The molecule has 0 radical (unpaired) electrons. The van der Waals surface area contributed by atoms with Gasteiger partial charge in [-0.1, -0.05) is 182 Å². The molecule has 0 atom stereocenters. The van der Waals surface area contributed by atoms with Crippen LogP contribution < -0.4 is 0 Å². The number of aromatic nitrogens is 2. The Morgan fingerprint density at radius 3 is 1.74 bits per heavy atom. The highest BCUT2D eigenvalue weighted by atomic mass is 32.1. The number of hydrogen-bond donors (Lipinski definition) is 0. The van der Waals surface area contributed by atoms with Gasteiger partial charge in [-0.2, -0.15) is 0 Å². The van der Waals surface area contributed by atoms with Crippen molar-refractivity contribution in [2.24, 2.45) is 0 Å². The summed E-state index contributed by atoms with van der Waals surface area (Å²) < 4.78 is 1.30. The summed E-state index contributed by atoms with van der Waals surface area (Å²) in [5, 5.41) is 8.78. The van der Waals surface area contributed by atoms with E-state index in [0.717, 1.165) is 39.2 Å². The Morgan fingerprint density at radius 2 is 0.930 bits per heavy atom. The minimum absolute atomic E-state index is 0.694. The number of nitrogens with zero attached hydrogens (tertiary/aromatic N) is 2. The zero-order valence-corrected chi connectivity index (χ0v) is 31.7. The second-order valence-corrected chi connectivity index (χ2v) is 15.6. The molecular weight excluding hydrogens is 709 g/mol. The van der Waals surface area contributed by atoms with Gasteiger partial charge in [0.05, 0.1) is 11.4 Å². The van der Waals surface area contributed by atoms with Crippen LogP contribution in [0.15, 0.2) is 206 Å². The van der Waals surface area contributed by atoms with Crippen molar-refractivity contribution in [3.8, 4) is 66.6 Å². The lowest BCUT2D eigenvalue weighted by Gasteiger charge is -2.15. The van der Waals surface area contributed by atoms with E-state index in [1.807, 2.05) is 11.3 Å². The highest BCUT2D eigenvalue weighted by molar-refractivity contribution is 7.22. The van der Waals surface area contributed by atoms with Gasteiger partial charge in [-0.25, -0.2) is 9.97 Å². The summed E-state index contributed by atoms with van der Waals surface area (Å²) in [5.41, 5.74) is 10.8. The van der Waals surface area contributed by atoms with Gasteiger partial charge in [0, 0.05) is 26.3 Å². The van der Waals surface area contributed by atoms with E-state index >= 15 is 0 Å². The largest absolute Gasteiger partial charge is 0.228 e. The predicted octanol–water partition coefficient (Wildman–Crippen LogP) is 15.2. The fraction of sp³-hybridized carbons (Fsp3) is 0. The molecule has 0 aliphatic carbocycles. The van der Waals surface area contributed by atoms with E-state index < -0.39 is 0 Å². The molecule has 0 saturated heterocycles. The van der Waals surface area contributed by atoms with Gasteiger partial charge < -0.3 is 0 Å². The third kappa shape index (κ3) is 5.97. The molecule has 0 amide bonds. The Morgan fingerprint density at radius 1 is 0.316 bits per heavy atom. The molecule has 2 nitrogen and oxygen atoms in total. The maximum absolute atomic E-state index is 5.30. The smallest absolute Gasteiger partial charge is 0.160 e. The van der Waals surface area contributed by atoms with E-state index in [1.165, 1.54) is 64.0 Å². The van der Waals surface area contributed by atoms with Crippen LogP contribution in [0, 0.1) is 0 Å². The van der Waals surface area contributed by atoms with Crippen LogP contribution in [0.25, 0.3) is 109 Å². The van der Waals surface area contributed by atoms with Crippen LogP contribution in [0.2, 0.25) is 0 Å². The molecule has 266 valence electrons. The average molecular weight is 743 g/mol. The molecule has 0 aliphatic rings. The van der Waals surface area contributed by atoms with Crippen molar-refractivity contribution in [1.82, 2.24) is 9.97 Å². The summed E-state index contributed by atoms with van der Waals surface area (Å²) in [4.78, 5) is 11.8. The SMILES string of the molecule is c1ccc(-c2ccccc2-c2cc(-c3ccc(-c4cc5ccccc5s4)cc3)nc(-c3ccc(-c4c5ccccc5cc5c4ccc4ccccc45)cc3)n2)cc1. The Hall–Kier alpha value is -7.20. The van der Waals surface area contributed by atoms with E-state index in [0.29, 0.717) is 5.82 Å². The van der Waals surface area contributed by atoms with Crippen molar-refractivity contribution >= 4 is 53.7 Å². The summed E-state index contributed by atoms with van der Waals surface area (Å²) >= 11 is 1.83. The van der Waals surface area contributed by atoms with Gasteiger partial charge in [0.25, 0.3) is 0 Å². The molecular formula is C54H34N2S. The van der Waals surface area contributed by atoms with Crippen LogP contribution in [0.5, 0.6) is 0 Å². The zero-order chi connectivity index (χ0) is 37.7. The molecule has 0 N–H and O–H groups in total. The van der Waals surface area contributed by atoms with Gasteiger partial charge in [0.1, 0.15) is 0 Å². The quantitative estimate of drug-likeness (QED) is 0.125. The molecule has 11 rings (SSSR count). The Kier molecular flexibility index (Phi) is 8.04. The summed E-state index contributed by atoms with van der Waals surface area (Å²) in [6, 6.07) is 74.0. The standard InChI is InChI=1S/C54H34N2S/c1-2-12-35(13-3-1)43-17-9-10-20-46(43)50-34-49(37-22-24-38(25-23-37)52-33-42-16-6-11-21-51(42)57-52)55-54(56-50)40-28-26-39(27-29-40)53-45-19-8-5-15-41(45)32-48-44-18-7-4-14-36(44)30-31-47(48)53/h1-34H. The number of fused-ring (bicyclic) bond motifs is 5. The topological polar surface area (TPSA) is 25.8 Å². The van der Waals surface area contributed by atoms with Gasteiger partial charge in [0.15, 0.2) is 5.82 Å². The fourth-order valence-electron chi connectivity index (χ4n) is 8.28. The van der Waals surface area contributed by atoms with Gasteiger partial charge >= 0.3 is 0 Å². The van der Waals surface area contributed by atoms with Crippen molar-refractivity contribution < 1.29 is 0 Å². The Bertz CT molecular complexity index is 3240. The summed E-state index contributed by atoms with van der Waals surface area (Å²) in [6.45, 7) is 0. The van der Waals surface area contributed by atoms with Crippen LogP contribution in [0.1, 0.15) is 0 Å². The van der Waals surface area contributed by atoms with Gasteiger partial charge in [-0.15, -0.1) is 11.3 Å². The van der Waals surface area contributed by atoms with Crippen molar-refractivity contribution in [2.75, 3.05) is 0 Å². The molecule has 9 aromatic carbocycles. The van der Waals surface area contributed by atoms with Crippen LogP contribution >= 0.6 is 11.3 Å². The van der Waals surface area contributed by atoms with E-state index in [1.54, 1.807) is 0 Å². The molecule has 2 aromatic heterocycles. The number of thiophene rings is 1. The number of hydrogen-bond acceptors (Lipinski definition) is 3. The maximum atomic E-state index is 5.30. The first-order valence-electron chi connectivity index (χ1n) is 19.3. The first-order chi connectivity index (χ1) is 28.2. The van der Waals surface area contributed by atoms with Gasteiger partial charge in [0.2, 0.25) is 0 Å². The molecule has 57 heavy (non-hydrogen) atoms. The zero-order valence-electron chi connectivity index (χ0n) is 30.9. The minimum atomic E-state index is 0.694. The van der Waals surface area contributed by atoms with Crippen LogP contribution in [-0.2, 0) is 0 Å². The molecule has 0 spiro atoms. The molecule has 2 heterocycles. The van der Waals surface area contributed by atoms with Gasteiger partial charge in [-0.05, 0) is 89.8 Å². The fourth-order valence-corrected chi connectivity index (χ4v) is 9.35. The molecule has 0 saturated carbocycles. The molecule has 11 aromatic rings. The highest BCUT2D eigenvalue weighted by Gasteiger charge is 2.17. The summed E-state index contributed by atoms with van der Waals surface area (Å²) in [7, 11) is 0. The van der Waals surface area contributed by atoms with Crippen LogP contribution in [0.3, 0.4) is 0 Å². The lowest BCUT2D eigenvalue weighted by atomic mass is 9.89. The number of rotatable bonds is 6. The van der Waals surface area contributed by atoms with Crippen LogP contribution in [0.4, 0.5) is 0 Å². The normalized spacial score (nSPS) is 11.5. The maximum Gasteiger partial charge on any atom is 0.160 e. The Balaban J connectivity index is 1.05. The monoisotopic (exact) mass is 742 g/mol. The summed E-state index contributed by atoms with van der Waals surface area (Å²) in [5.74, 6) is 0.694. The molecule has 0 aliphatic heterocycles. The predicted molar refractivity (Wildman–Crippen MR) is 243 cm³/mol. The van der Waals surface area contributed by atoms with E-state index in [2.05, 4.69) is 206 Å². The van der Waals surface area contributed by atoms with Crippen LogP contribution in [-0.4, -0.2) is 9.97 Å². The molecule has 0 unspecified atom stereocenters. The number of benzene rings is 9. The van der Waals surface area contributed by atoms with E-state index in [4.69, 9.17) is 9.97 Å². The molecule has 3 heteroatoms. The lowest BCUT2D eigenvalue weighted by molar-refractivity contribution is 1.18. The molecule has 0 bridgehead atoms. The lowest BCUT2D eigenvalue weighted by Crippen LogP contribution is -1.97. The first-order valence-corrected chi connectivity index (χ1v) is 20.1.